The lowest BCUT2D eigenvalue weighted by molar-refractivity contribution is 0.169. The van der Waals surface area contributed by atoms with Gasteiger partial charge in [0.25, 0.3) is 0 Å². The zero-order valence-corrected chi connectivity index (χ0v) is 7.77. The monoisotopic (exact) mass is 189 g/mol. The highest BCUT2D eigenvalue weighted by Crippen LogP contribution is 2.16. The molecule has 0 fully saturated rings. The molecule has 1 rings (SSSR count). The summed E-state index contributed by atoms with van der Waals surface area (Å²) >= 11 is 1.48. The van der Waals surface area contributed by atoms with Crippen LogP contribution in [0.5, 0.6) is 0 Å². The third-order valence-electron chi connectivity index (χ3n) is 1.30. The van der Waals surface area contributed by atoms with E-state index in [4.69, 9.17) is 0 Å². The highest BCUT2D eigenvalue weighted by molar-refractivity contribution is 8.14. The second-order valence-electron chi connectivity index (χ2n) is 2.12. The molecule has 2 N–H and O–H groups in total. The Hall–Kier alpha value is -0.910. The molecule has 6 heteroatoms. The number of hydrogen-bond donors (Lipinski definition) is 2. The van der Waals surface area contributed by atoms with Gasteiger partial charge in [-0.15, -0.1) is 0 Å². The summed E-state index contributed by atoms with van der Waals surface area (Å²) in [4.78, 5) is 10.7. The number of hydrazone groups is 1. The van der Waals surface area contributed by atoms with Crippen molar-refractivity contribution in [2.45, 2.75) is 18.8 Å². The van der Waals surface area contributed by atoms with Gasteiger partial charge in [0.15, 0.2) is 5.50 Å². The Morgan fingerprint density at radius 3 is 3.17 bits per heavy atom. The summed E-state index contributed by atoms with van der Waals surface area (Å²) in [5.41, 5.74) is 2.57. The van der Waals surface area contributed by atoms with Crippen molar-refractivity contribution in [1.82, 2.24) is 10.7 Å². The summed E-state index contributed by atoms with van der Waals surface area (Å²) in [5.74, 6) is 0. The second-order valence-corrected chi connectivity index (χ2v) is 3.30. The van der Waals surface area contributed by atoms with Crippen molar-refractivity contribution >= 4 is 22.9 Å². The number of nitrogens with one attached hydrogen (secondary N) is 2. The van der Waals surface area contributed by atoms with E-state index < -0.39 is 6.09 Å². The number of alkyl carbamates (subject to hydrolysis) is 1. The molecule has 0 aromatic carbocycles. The first kappa shape index (κ1) is 9.18. The van der Waals surface area contributed by atoms with Gasteiger partial charge in [-0.05, 0) is 6.42 Å². The Labute approximate surface area is 74.9 Å². The molecule has 0 aromatic rings. The number of amides is 1. The van der Waals surface area contributed by atoms with E-state index in [1.165, 1.54) is 18.9 Å². The average Bonchev–Trinajstić information content (AvgIpc) is 2.52. The molecule has 0 saturated carbocycles. The molecule has 0 radical (unpaired) electrons. The summed E-state index contributed by atoms with van der Waals surface area (Å²) in [6.07, 6.45) is 0.421. The highest BCUT2D eigenvalue weighted by atomic mass is 32.2. The van der Waals surface area contributed by atoms with Crippen molar-refractivity contribution in [3.05, 3.63) is 0 Å². The summed E-state index contributed by atoms with van der Waals surface area (Å²) in [6.45, 7) is 2.01. The summed E-state index contributed by atoms with van der Waals surface area (Å²) < 4.78 is 4.43. The summed E-state index contributed by atoms with van der Waals surface area (Å²) in [5, 5.41) is 7.53. The lowest BCUT2D eigenvalue weighted by atomic mass is 10.5. The van der Waals surface area contributed by atoms with Crippen LogP contribution >= 0.6 is 11.8 Å². The maximum Gasteiger partial charge on any atom is 0.409 e. The first-order valence-corrected chi connectivity index (χ1v) is 4.47. The highest BCUT2D eigenvalue weighted by Gasteiger charge is 2.19. The van der Waals surface area contributed by atoms with E-state index in [9.17, 15) is 4.79 Å². The molecule has 0 aliphatic carbocycles. The smallest absolute Gasteiger partial charge is 0.409 e. The maximum absolute atomic E-state index is 10.7. The van der Waals surface area contributed by atoms with E-state index in [2.05, 4.69) is 20.6 Å². The van der Waals surface area contributed by atoms with Crippen LogP contribution in [-0.2, 0) is 4.74 Å². The molecule has 1 amide bonds. The van der Waals surface area contributed by atoms with Crippen LogP contribution < -0.4 is 10.7 Å². The Balaban J connectivity index is 2.27. The van der Waals surface area contributed by atoms with Crippen LogP contribution in [0.3, 0.4) is 0 Å². The molecular weight excluding hydrogens is 178 g/mol. The van der Waals surface area contributed by atoms with E-state index in [1.54, 1.807) is 0 Å². The summed E-state index contributed by atoms with van der Waals surface area (Å²) in [7, 11) is 1.33. The number of carbonyl (C=O) groups excluding carboxylic acids is 1. The second kappa shape index (κ2) is 4.20. The maximum atomic E-state index is 10.7. The summed E-state index contributed by atoms with van der Waals surface area (Å²) in [6, 6.07) is 0. The zero-order chi connectivity index (χ0) is 8.97. The van der Waals surface area contributed by atoms with Crippen molar-refractivity contribution < 1.29 is 9.53 Å². The van der Waals surface area contributed by atoms with Gasteiger partial charge in [0, 0.05) is 0 Å². The number of ether oxygens (including phenoxy) is 1. The molecule has 1 unspecified atom stereocenters. The van der Waals surface area contributed by atoms with Gasteiger partial charge in [-0.3, -0.25) is 10.7 Å². The van der Waals surface area contributed by atoms with Crippen LogP contribution in [0.25, 0.3) is 0 Å². The van der Waals surface area contributed by atoms with Gasteiger partial charge >= 0.3 is 6.09 Å². The van der Waals surface area contributed by atoms with Gasteiger partial charge < -0.3 is 4.74 Å². The number of nitrogens with zero attached hydrogens (tertiary/aromatic N) is 1. The van der Waals surface area contributed by atoms with Gasteiger partial charge in [0.2, 0.25) is 0 Å². The number of rotatable bonds is 2. The first-order valence-electron chi connectivity index (χ1n) is 3.59. The van der Waals surface area contributed by atoms with Crippen molar-refractivity contribution in [2.75, 3.05) is 7.11 Å². The number of thioether (sulfide) groups is 1. The van der Waals surface area contributed by atoms with Crippen LogP contribution in [0.2, 0.25) is 0 Å². The molecule has 1 atom stereocenters. The topological polar surface area (TPSA) is 62.7 Å². The van der Waals surface area contributed by atoms with Crippen molar-refractivity contribution in [3.63, 3.8) is 0 Å². The Kier molecular flexibility index (Phi) is 3.21. The molecule has 0 spiro atoms. The fourth-order valence-electron chi connectivity index (χ4n) is 0.709. The van der Waals surface area contributed by atoms with Gasteiger partial charge in [0.05, 0.1) is 12.2 Å². The lowest BCUT2D eigenvalue weighted by Gasteiger charge is -2.09. The van der Waals surface area contributed by atoms with Gasteiger partial charge in [-0.1, -0.05) is 18.7 Å². The largest absolute Gasteiger partial charge is 0.453 e. The predicted octanol–water partition coefficient (Wildman–Crippen LogP) is 0.686. The van der Waals surface area contributed by atoms with Crippen LogP contribution in [0, 0.1) is 0 Å². The Bertz CT molecular complexity index is 207. The van der Waals surface area contributed by atoms with Gasteiger partial charge in [0.1, 0.15) is 0 Å². The third kappa shape index (κ3) is 2.30. The molecule has 1 aliphatic rings. The molecule has 5 nitrogen and oxygen atoms in total. The standard InChI is InChI=1S/C6H11N3O2S/c1-3-4-8-9-5(12-4)7-6(10)11-2/h5,9H,3H2,1-2H3,(H,7,10). The Morgan fingerprint density at radius 2 is 2.67 bits per heavy atom. The molecule has 1 aliphatic heterocycles. The predicted molar refractivity (Wildman–Crippen MR) is 47.8 cm³/mol. The molecule has 12 heavy (non-hydrogen) atoms. The van der Waals surface area contributed by atoms with Crippen LogP contribution in [0.4, 0.5) is 4.79 Å². The minimum absolute atomic E-state index is 0.188. The minimum atomic E-state index is -0.451. The molecular formula is C6H11N3O2S. The molecule has 0 saturated heterocycles. The Morgan fingerprint density at radius 1 is 1.92 bits per heavy atom. The van der Waals surface area contributed by atoms with E-state index >= 15 is 0 Å². The van der Waals surface area contributed by atoms with Crippen LogP contribution in [-0.4, -0.2) is 23.7 Å². The SMILES string of the molecule is CCC1=NNC(NC(=O)OC)S1. The van der Waals surface area contributed by atoms with E-state index in [0.29, 0.717) is 0 Å². The van der Waals surface area contributed by atoms with Crippen molar-refractivity contribution in [3.8, 4) is 0 Å². The van der Waals surface area contributed by atoms with E-state index in [1.807, 2.05) is 6.92 Å². The average molecular weight is 189 g/mol. The van der Waals surface area contributed by atoms with Crippen molar-refractivity contribution in [2.24, 2.45) is 5.10 Å². The fraction of sp³-hybridized carbons (Fsp3) is 0.667. The number of methoxy groups -OCH3 is 1. The molecule has 0 aromatic heterocycles. The zero-order valence-electron chi connectivity index (χ0n) is 6.96. The van der Waals surface area contributed by atoms with Gasteiger partial charge in [-0.2, -0.15) is 5.10 Å². The normalized spacial score (nSPS) is 21.2. The molecule has 68 valence electrons. The molecule has 0 bridgehead atoms. The van der Waals surface area contributed by atoms with E-state index in [0.717, 1.165) is 11.5 Å². The number of hydrogen-bond acceptors (Lipinski definition) is 5. The number of carbonyl (C=O) groups is 1. The van der Waals surface area contributed by atoms with Crippen LogP contribution in [0.15, 0.2) is 5.10 Å². The van der Waals surface area contributed by atoms with Gasteiger partial charge in [-0.25, -0.2) is 4.79 Å². The lowest BCUT2D eigenvalue weighted by Crippen LogP contribution is -2.38. The first-order chi connectivity index (χ1) is 5.76. The third-order valence-corrected chi connectivity index (χ3v) is 2.41. The van der Waals surface area contributed by atoms with E-state index in [-0.39, 0.29) is 5.50 Å². The fourth-order valence-corrected chi connectivity index (χ4v) is 1.51. The van der Waals surface area contributed by atoms with Crippen molar-refractivity contribution in [1.29, 1.82) is 0 Å². The minimum Gasteiger partial charge on any atom is -0.453 e. The molecule has 1 heterocycles. The quantitative estimate of drug-likeness (QED) is 0.670. The van der Waals surface area contributed by atoms with Crippen LogP contribution in [0.1, 0.15) is 13.3 Å².